The highest BCUT2D eigenvalue weighted by atomic mass is 16.5. The van der Waals surface area contributed by atoms with Gasteiger partial charge in [0, 0.05) is 30.7 Å². The third-order valence-corrected chi connectivity index (χ3v) is 4.97. The molecule has 0 saturated heterocycles. The van der Waals surface area contributed by atoms with Crippen molar-refractivity contribution < 1.29 is 9.32 Å². The molecule has 0 saturated carbocycles. The number of rotatable bonds is 6. The maximum Gasteiger partial charge on any atom is 0.226 e. The standard InChI is InChI=1S/C21H29N3O2/c1-21(2,3)20-23-19(26-24-20)13-7-12-18(25)22-14-16-10-6-9-15-8-4-5-11-17(15)16/h4-5,8,11,16H,6-7,9-10,12-14H2,1-3H3,(H,22,25). The van der Waals surface area contributed by atoms with Crippen molar-refractivity contribution in [3.63, 3.8) is 0 Å². The van der Waals surface area contributed by atoms with Crippen LogP contribution in [0.25, 0.3) is 0 Å². The molecule has 1 aromatic carbocycles. The van der Waals surface area contributed by atoms with E-state index in [-0.39, 0.29) is 11.3 Å². The highest BCUT2D eigenvalue weighted by Crippen LogP contribution is 2.30. The molecule has 1 atom stereocenters. The Kier molecular flexibility index (Phi) is 5.74. The minimum Gasteiger partial charge on any atom is -0.355 e. The van der Waals surface area contributed by atoms with Gasteiger partial charge in [0.1, 0.15) is 0 Å². The maximum absolute atomic E-state index is 12.2. The van der Waals surface area contributed by atoms with Crippen molar-refractivity contribution in [1.29, 1.82) is 0 Å². The SMILES string of the molecule is CC(C)(C)c1noc(CCCC(=O)NCC2CCCc3ccccc32)n1. The average Bonchev–Trinajstić information content (AvgIpc) is 3.09. The number of hydrogen-bond acceptors (Lipinski definition) is 4. The molecule has 1 heterocycles. The second-order valence-corrected chi connectivity index (χ2v) is 8.21. The van der Waals surface area contributed by atoms with E-state index in [2.05, 4.69) is 60.5 Å². The summed E-state index contributed by atoms with van der Waals surface area (Å²) in [7, 11) is 0. The molecule has 1 N–H and O–H groups in total. The highest BCUT2D eigenvalue weighted by Gasteiger charge is 2.21. The zero-order valence-corrected chi connectivity index (χ0v) is 16.0. The molecule has 1 aliphatic carbocycles. The summed E-state index contributed by atoms with van der Waals surface area (Å²) in [5, 5.41) is 7.12. The Balaban J connectivity index is 1.42. The first-order chi connectivity index (χ1) is 12.4. The van der Waals surface area contributed by atoms with Crippen LogP contribution in [0, 0.1) is 0 Å². The van der Waals surface area contributed by atoms with Crippen LogP contribution < -0.4 is 5.32 Å². The van der Waals surface area contributed by atoms with Crippen LogP contribution in [0.4, 0.5) is 0 Å². The summed E-state index contributed by atoms with van der Waals surface area (Å²) in [5.74, 6) is 1.87. The van der Waals surface area contributed by atoms with Crippen molar-refractivity contribution in [2.24, 2.45) is 0 Å². The summed E-state index contributed by atoms with van der Waals surface area (Å²) in [6.45, 7) is 6.89. The molecule has 1 aliphatic rings. The predicted octanol–water partition coefficient (Wildman–Crippen LogP) is 3.93. The van der Waals surface area contributed by atoms with E-state index in [1.54, 1.807) is 0 Å². The maximum atomic E-state index is 12.2. The minimum absolute atomic E-state index is 0.101. The van der Waals surface area contributed by atoms with E-state index < -0.39 is 0 Å². The van der Waals surface area contributed by atoms with Gasteiger partial charge in [0.2, 0.25) is 11.8 Å². The molecule has 5 nitrogen and oxygen atoms in total. The summed E-state index contributed by atoms with van der Waals surface area (Å²) < 4.78 is 5.27. The molecular formula is C21H29N3O2. The number of nitrogens with zero attached hydrogens (tertiary/aromatic N) is 2. The van der Waals surface area contributed by atoms with Crippen molar-refractivity contribution in [3.8, 4) is 0 Å². The first kappa shape index (κ1) is 18.6. The van der Waals surface area contributed by atoms with Crippen LogP contribution in [0.2, 0.25) is 0 Å². The Morgan fingerprint density at radius 2 is 2.12 bits per heavy atom. The Morgan fingerprint density at radius 3 is 2.88 bits per heavy atom. The summed E-state index contributed by atoms with van der Waals surface area (Å²) in [4.78, 5) is 16.6. The minimum atomic E-state index is -0.116. The lowest BCUT2D eigenvalue weighted by molar-refractivity contribution is -0.121. The van der Waals surface area contributed by atoms with Crippen molar-refractivity contribution >= 4 is 5.91 Å². The van der Waals surface area contributed by atoms with Crippen molar-refractivity contribution in [2.75, 3.05) is 6.54 Å². The first-order valence-electron chi connectivity index (χ1n) is 9.61. The molecule has 1 amide bonds. The van der Waals surface area contributed by atoms with Crippen LogP contribution >= 0.6 is 0 Å². The fourth-order valence-corrected chi connectivity index (χ4v) is 3.45. The van der Waals surface area contributed by atoms with Gasteiger partial charge in [0.25, 0.3) is 0 Å². The fourth-order valence-electron chi connectivity index (χ4n) is 3.45. The van der Waals surface area contributed by atoms with E-state index in [0.29, 0.717) is 30.5 Å². The third-order valence-electron chi connectivity index (χ3n) is 4.97. The molecule has 140 valence electrons. The van der Waals surface area contributed by atoms with Gasteiger partial charge in [0.15, 0.2) is 5.82 Å². The Hall–Kier alpha value is -2.17. The van der Waals surface area contributed by atoms with Gasteiger partial charge in [-0.3, -0.25) is 4.79 Å². The van der Waals surface area contributed by atoms with Crippen LogP contribution in [0.15, 0.2) is 28.8 Å². The molecule has 1 unspecified atom stereocenters. The number of carbonyl (C=O) groups is 1. The number of hydrogen-bond donors (Lipinski definition) is 1. The molecule has 26 heavy (non-hydrogen) atoms. The number of aromatic nitrogens is 2. The molecule has 0 radical (unpaired) electrons. The largest absolute Gasteiger partial charge is 0.355 e. The number of benzene rings is 1. The van der Waals surface area contributed by atoms with E-state index in [9.17, 15) is 4.79 Å². The van der Waals surface area contributed by atoms with Crippen LogP contribution in [0.1, 0.15) is 75.2 Å². The number of nitrogens with one attached hydrogen (secondary N) is 1. The Labute approximate surface area is 155 Å². The van der Waals surface area contributed by atoms with Gasteiger partial charge in [-0.05, 0) is 36.8 Å². The third kappa shape index (κ3) is 4.71. The second-order valence-electron chi connectivity index (χ2n) is 8.21. The molecular weight excluding hydrogens is 326 g/mol. The Morgan fingerprint density at radius 1 is 1.31 bits per heavy atom. The zero-order chi connectivity index (χ0) is 18.6. The zero-order valence-electron chi connectivity index (χ0n) is 16.0. The molecule has 5 heteroatoms. The van der Waals surface area contributed by atoms with Crippen molar-refractivity contribution in [3.05, 3.63) is 47.1 Å². The quantitative estimate of drug-likeness (QED) is 0.852. The lowest BCUT2D eigenvalue weighted by atomic mass is 9.83. The number of fused-ring (bicyclic) bond motifs is 1. The molecule has 3 rings (SSSR count). The highest BCUT2D eigenvalue weighted by molar-refractivity contribution is 5.75. The number of aryl methyl sites for hydroxylation is 2. The van der Waals surface area contributed by atoms with Crippen LogP contribution in [0.5, 0.6) is 0 Å². The normalized spacial score (nSPS) is 17.0. The second kappa shape index (κ2) is 8.02. The summed E-state index contributed by atoms with van der Waals surface area (Å²) in [6.07, 6.45) is 5.35. The summed E-state index contributed by atoms with van der Waals surface area (Å²) in [6, 6.07) is 8.60. The van der Waals surface area contributed by atoms with Gasteiger partial charge in [-0.15, -0.1) is 0 Å². The first-order valence-corrected chi connectivity index (χ1v) is 9.61. The molecule has 0 spiro atoms. The molecule has 0 aliphatic heterocycles. The van der Waals surface area contributed by atoms with Gasteiger partial charge in [-0.25, -0.2) is 0 Å². The summed E-state index contributed by atoms with van der Waals surface area (Å²) >= 11 is 0. The van der Waals surface area contributed by atoms with E-state index in [1.165, 1.54) is 17.5 Å². The molecule has 0 bridgehead atoms. The van der Waals surface area contributed by atoms with Crippen molar-refractivity contribution in [2.45, 2.75) is 70.6 Å². The fraction of sp³-hybridized carbons (Fsp3) is 0.571. The lowest BCUT2D eigenvalue weighted by Crippen LogP contribution is -2.29. The summed E-state index contributed by atoms with van der Waals surface area (Å²) in [5.41, 5.74) is 2.72. The van der Waals surface area contributed by atoms with E-state index in [4.69, 9.17) is 4.52 Å². The van der Waals surface area contributed by atoms with E-state index in [0.717, 1.165) is 25.8 Å². The number of amides is 1. The average molecular weight is 355 g/mol. The van der Waals surface area contributed by atoms with Gasteiger partial charge >= 0.3 is 0 Å². The van der Waals surface area contributed by atoms with Crippen LogP contribution in [-0.2, 0) is 23.1 Å². The monoisotopic (exact) mass is 355 g/mol. The van der Waals surface area contributed by atoms with Crippen LogP contribution in [0.3, 0.4) is 0 Å². The predicted molar refractivity (Wildman–Crippen MR) is 101 cm³/mol. The van der Waals surface area contributed by atoms with Gasteiger partial charge < -0.3 is 9.84 Å². The molecule has 1 aromatic heterocycles. The molecule has 2 aromatic rings. The smallest absolute Gasteiger partial charge is 0.226 e. The molecule has 0 fully saturated rings. The van der Waals surface area contributed by atoms with Gasteiger partial charge in [0.05, 0.1) is 0 Å². The van der Waals surface area contributed by atoms with E-state index in [1.807, 2.05) is 0 Å². The Bertz CT molecular complexity index is 746. The number of carbonyl (C=O) groups excluding carboxylic acids is 1. The lowest BCUT2D eigenvalue weighted by Gasteiger charge is -2.25. The van der Waals surface area contributed by atoms with Crippen molar-refractivity contribution in [1.82, 2.24) is 15.5 Å². The van der Waals surface area contributed by atoms with Gasteiger partial charge in [-0.1, -0.05) is 50.2 Å². The topological polar surface area (TPSA) is 68.0 Å². The van der Waals surface area contributed by atoms with Gasteiger partial charge in [-0.2, -0.15) is 4.98 Å². The van der Waals surface area contributed by atoms with E-state index >= 15 is 0 Å². The van der Waals surface area contributed by atoms with Crippen LogP contribution in [-0.4, -0.2) is 22.6 Å².